The summed E-state index contributed by atoms with van der Waals surface area (Å²) in [5, 5.41) is 2.72. The van der Waals surface area contributed by atoms with Gasteiger partial charge in [0.1, 0.15) is 5.60 Å². The van der Waals surface area contributed by atoms with Crippen LogP contribution in [0.3, 0.4) is 0 Å². The number of alkyl carbamates (subject to hydrolysis) is 1. The SMILES string of the molecule is CC(C)(CS)CNC(=O)OC(C)(C)C. The van der Waals surface area contributed by atoms with Crippen LogP contribution in [0.15, 0.2) is 0 Å². The molecule has 0 spiro atoms. The van der Waals surface area contributed by atoms with Crippen molar-refractivity contribution in [3.63, 3.8) is 0 Å². The van der Waals surface area contributed by atoms with Gasteiger partial charge in [0.25, 0.3) is 0 Å². The van der Waals surface area contributed by atoms with E-state index in [0.29, 0.717) is 6.54 Å². The maximum absolute atomic E-state index is 11.3. The van der Waals surface area contributed by atoms with Gasteiger partial charge in [0.2, 0.25) is 0 Å². The molecule has 0 aromatic rings. The maximum Gasteiger partial charge on any atom is 0.407 e. The molecule has 0 heterocycles. The van der Waals surface area contributed by atoms with Crippen molar-refractivity contribution in [2.24, 2.45) is 5.41 Å². The molecule has 0 bridgehead atoms. The van der Waals surface area contributed by atoms with Crippen molar-refractivity contribution in [1.29, 1.82) is 0 Å². The Labute approximate surface area is 92.0 Å². The number of thiol groups is 1. The summed E-state index contributed by atoms with van der Waals surface area (Å²) in [7, 11) is 0. The fourth-order valence-corrected chi connectivity index (χ4v) is 0.793. The van der Waals surface area contributed by atoms with E-state index in [2.05, 4.69) is 17.9 Å². The van der Waals surface area contributed by atoms with Gasteiger partial charge in [-0.3, -0.25) is 0 Å². The summed E-state index contributed by atoms with van der Waals surface area (Å²) in [6, 6.07) is 0. The molecule has 0 aliphatic carbocycles. The van der Waals surface area contributed by atoms with Crippen LogP contribution in [0.5, 0.6) is 0 Å². The van der Waals surface area contributed by atoms with Gasteiger partial charge >= 0.3 is 6.09 Å². The number of carbonyl (C=O) groups excluding carboxylic acids is 1. The van der Waals surface area contributed by atoms with Gasteiger partial charge < -0.3 is 10.1 Å². The van der Waals surface area contributed by atoms with E-state index in [1.165, 1.54) is 0 Å². The lowest BCUT2D eigenvalue weighted by molar-refractivity contribution is 0.0510. The average molecular weight is 219 g/mol. The molecule has 0 radical (unpaired) electrons. The molecule has 0 aromatic heterocycles. The molecule has 3 nitrogen and oxygen atoms in total. The Bertz CT molecular complexity index is 197. The van der Waals surface area contributed by atoms with Crippen LogP contribution in [0.1, 0.15) is 34.6 Å². The molecule has 0 aromatic carbocycles. The highest BCUT2D eigenvalue weighted by molar-refractivity contribution is 7.80. The Morgan fingerprint density at radius 2 is 1.79 bits per heavy atom. The zero-order valence-corrected chi connectivity index (χ0v) is 10.6. The molecule has 1 N–H and O–H groups in total. The van der Waals surface area contributed by atoms with Crippen molar-refractivity contribution in [3.8, 4) is 0 Å². The predicted molar refractivity (Wildman–Crippen MR) is 61.9 cm³/mol. The van der Waals surface area contributed by atoms with Gasteiger partial charge in [-0.15, -0.1) is 0 Å². The second-order valence-corrected chi connectivity index (χ2v) is 5.49. The van der Waals surface area contributed by atoms with Crippen molar-refractivity contribution in [1.82, 2.24) is 5.32 Å². The second kappa shape index (κ2) is 4.91. The summed E-state index contributed by atoms with van der Waals surface area (Å²) in [5.41, 5.74) is -0.435. The lowest BCUT2D eigenvalue weighted by Crippen LogP contribution is -2.38. The largest absolute Gasteiger partial charge is 0.444 e. The molecule has 14 heavy (non-hydrogen) atoms. The van der Waals surface area contributed by atoms with E-state index in [1.54, 1.807) is 0 Å². The van der Waals surface area contributed by atoms with Crippen LogP contribution in [-0.4, -0.2) is 24.0 Å². The topological polar surface area (TPSA) is 38.3 Å². The van der Waals surface area contributed by atoms with Crippen LogP contribution >= 0.6 is 12.6 Å². The van der Waals surface area contributed by atoms with Gasteiger partial charge in [0, 0.05) is 6.54 Å². The van der Waals surface area contributed by atoms with Gasteiger partial charge in [-0.05, 0) is 31.9 Å². The minimum Gasteiger partial charge on any atom is -0.444 e. The van der Waals surface area contributed by atoms with Crippen LogP contribution in [-0.2, 0) is 4.74 Å². The highest BCUT2D eigenvalue weighted by Gasteiger charge is 2.20. The Hall–Kier alpha value is -0.380. The van der Waals surface area contributed by atoms with E-state index < -0.39 is 5.60 Å². The zero-order chi connectivity index (χ0) is 11.4. The van der Waals surface area contributed by atoms with Crippen molar-refractivity contribution in [3.05, 3.63) is 0 Å². The van der Waals surface area contributed by atoms with Crippen molar-refractivity contribution >= 4 is 18.7 Å². The van der Waals surface area contributed by atoms with E-state index in [9.17, 15) is 4.79 Å². The fraction of sp³-hybridized carbons (Fsp3) is 0.900. The van der Waals surface area contributed by atoms with Crippen molar-refractivity contribution < 1.29 is 9.53 Å². The predicted octanol–water partition coefficient (Wildman–Crippen LogP) is 2.47. The van der Waals surface area contributed by atoms with Crippen molar-refractivity contribution in [2.75, 3.05) is 12.3 Å². The fourth-order valence-electron chi connectivity index (χ4n) is 0.682. The molecule has 0 saturated carbocycles. The van der Waals surface area contributed by atoms with Crippen LogP contribution in [0, 0.1) is 5.41 Å². The molecule has 0 saturated heterocycles. The standard InChI is InChI=1S/C10H21NO2S/c1-9(2,3)13-8(12)11-6-10(4,5)7-14/h14H,6-7H2,1-5H3,(H,11,12). The highest BCUT2D eigenvalue weighted by Crippen LogP contribution is 2.15. The van der Waals surface area contributed by atoms with E-state index >= 15 is 0 Å². The van der Waals surface area contributed by atoms with Gasteiger partial charge in [-0.2, -0.15) is 12.6 Å². The zero-order valence-electron chi connectivity index (χ0n) is 9.68. The first kappa shape index (κ1) is 13.6. The van der Waals surface area contributed by atoms with Gasteiger partial charge in [0.15, 0.2) is 0 Å². The molecular weight excluding hydrogens is 198 g/mol. The molecule has 0 atom stereocenters. The second-order valence-electron chi connectivity index (χ2n) is 5.18. The van der Waals surface area contributed by atoms with E-state index in [-0.39, 0.29) is 11.5 Å². The summed E-state index contributed by atoms with van der Waals surface area (Å²) in [6.45, 7) is 10.2. The molecule has 0 unspecified atom stereocenters. The summed E-state index contributed by atoms with van der Waals surface area (Å²) in [4.78, 5) is 11.3. The molecule has 4 heteroatoms. The first-order valence-electron chi connectivity index (χ1n) is 4.74. The third-order valence-electron chi connectivity index (χ3n) is 1.54. The molecule has 0 rings (SSSR count). The van der Waals surface area contributed by atoms with Gasteiger partial charge in [-0.1, -0.05) is 13.8 Å². The molecule has 1 amide bonds. The summed E-state index contributed by atoms with van der Waals surface area (Å²) < 4.78 is 5.10. The number of nitrogens with one attached hydrogen (secondary N) is 1. The van der Waals surface area contributed by atoms with Crippen LogP contribution < -0.4 is 5.32 Å². The smallest absolute Gasteiger partial charge is 0.407 e. The number of rotatable bonds is 3. The lowest BCUT2D eigenvalue weighted by Gasteiger charge is -2.24. The molecule has 84 valence electrons. The Kier molecular flexibility index (Phi) is 4.78. The Balaban J connectivity index is 3.87. The van der Waals surface area contributed by atoms with Crippen molar-refractivity contribution in [2.45, 2.75) is 40.2 Å². The van der Waals surface area contributed by atoms with E-state index in [4.69, 9.17) is 4.74 Å². The first-order valence-corrected chi connectivity index (χ1v) is 5.37. The summed E-state index contributed by atoms with van der Waals surface area (Å²) >= 11 is 4.20. The minimum atomic E-state index is -0.435. The lowest BCUT2D eigenvalue weighted by atomic mass is 9.97. The third kappa shape index (κ3) is 7.06. The molecule has 0 aliphatic rings. The quantitative estimate of drug-likeness (QED) is 0.716. The summed E-state index contributed by atoms with van der Waals surface area (Å²) in [6.07, 6.45) is -0.368. The van der Waals surface area contributed by atoms with Crippen LogP contribution in [0.25, 0.3) is 0 Å². The van der Waals surface area contributed by atoms with E-state index in [1.807, 2.05) is 34.6 Å². The van der Waals surface area contributed by atoms with Gasteiger partial charge in [0.05, 0.1) is 0 Å². The van der Waals surface area contributed by atoms with Crippen LogP contribution in [0.4, 0.5) is 4.79 Å². The molecular formula is C10H21NO2S. The highest BCUT2D eigenvalue weighted by atomic mass is 32.1. The minimum absolute atomic E-state index is 0.0000153. The summed E-state index contributed by atoms with van der Waals surface area (Å²) in [5.74, 6) is 0.725. The number of hydrogen-bond acceptors (Lipinski definition) is 3. The monoisotopic (exact) mass is 219 g/mol. The number of hydrogen-bond donors (Lipinski definition) is 2. The molecule has 0 fully saturated rings. The first-order chi connectivity index (χ1) is 6.16. The number of amides is 1. The Morgan fingerprint density at radius 3 is 2.14 bits per heavy atom. The molecule has 0 aliphatic heterocycles. The maximum atomic E-state index is 11.3. The van der Waals surface area contributed by atoms with Gasteiger partial charge in [-0.25, -0.2) is 4.79 Å². The van der Waals surface area contributed by atoms with Crippen LogP contribution in [0.2, 0.25) is 0 Å². The third-order valence-corrected chi connectivity index (χ3v) is 2.39. The van der Waals surface area contributed by atoms with E-state index in [0.717, 1.165) is 5.75 Å². The normalized spacial score (nSPS) is 12.4. The number of ether oxygens (including phenoxy) is 1. The average Bonchev–Trinajstić information content (AvgIpc) is 1.98. The number of carbonyl (C=O) groups is 1. The Morgan fingerprint density at radius 1 is 1.29 bits per heavy atom.